The molecule has 4 heterocycles. The Bertz CT molecular complexity index is 1490. The van der Waals surface area contributed by atoms with E-state index in [2.05, 4.69) is 30.4 Å². The number of anilines is 2. The molecule has 3 N–H and O–H groups in total. The number of hydrogen-bond acceptors (Lipinski definition) is 9. The van der Waals surface area contributed by atoms with Gasteiger partial charge in [0.2, 0.25) is 5.91 Å². The number of hydrogen-bond donors (Lipinski definition) is 2. The number of nitrogens with two attached hydrogens (primary N) is 1. The van der Waals surface area contributed by atoms with E-state index >= 15 is 0 Å². The van der Waals surface area contributed by atoms with Crippen molar-refractivity contribution in [2.24, 2.45) is 6.98 Å². The minimum Gasteiger partial charge on any atom is -0.465 e. The number of alkyl halides is 5. The number of amides is 1. The smallest absolute Gasteiger partial charge is 0.453 e. The van der Waals surface area contributed by atoms with E-state index in [0.29, 0.717) is 4.68 Å². The van der Waals surface area contributed by atoms with Gasteiger partial charge in [0.25, 0.3) is 0 Å². The van der Waals surface area contributed by atoms with Crippen LogP contribution in [0.15, 0.2) is 6.20 Å². The lowest BCUT2D eigenvalue weighted by molar-refractivity contribution is -0.284. The third-order valence-corrected chi connectivity index (χ3v) is 5.57. The Labute approximate surface area is 203 Å². The van der Waals surface area contributed by atoms with Crippen LogP contribution in [0.25, 0.3) is 22.6 Å². The van der Waals surface area contributed by atoms with Crippen LogP contribution in [-0.2, 0) is 33.1 Å². The second-order valence-electron chi connectivity index (χ2n) is 7.94. The van der Waals surface area contributed by atoms with Gasteiger partial charge in [0.15, 0.2) is 16.9 Å². The van der Waals surface area contributed by atoms with Gasteiger partial charge in [-0.3, -0.25) is 14.3 Å². The number of nitrogens with zero attached hydrogens (tertiary/aromatic N) is 6. The average Bonchev–Trinajstić information content (AvgIpc) is 3.36. The fourth-order valence-corrected chi connectivity index (χ4v) is 3.63. The van der Waals surface area contributed by atoms with E-state index in [1.54, 1.807) is 0 Å². The predicted octanol–water partition coefficient (Wildman–Crippen LogP) is 2.31. The number of esters is 1. The fourth-order valence-electron chi connectivity index (χ4n) is 3.63. The van der Waals surface area contributed by atoms with Crippen molar-refractivity contribution in [1.82, 2.24) is 29.7 Å². The molecule has 0 bridgehead atoms. The highest BCUT2D eigenvalue weighted by Gasteiger charge is 2.57. The summed E-state index contributed by atoms with van der Waals surface area (Å²) < 4.78 is 93.6. The highest BCUT2D eigenvalue weighted by atomic mass is 19.4. The number of carbonyl (C=O) groups excluding carboxylic acids is 2. The third-order valence-electron chi connectivity index (χ3n) is 5.57. The molecule has 1 aliphatic heterocycles. The van der Waals surface area contributed by atoms with Crippen molar-refractivity contribution in [3.8, 4) is 11.5 Å². The lowest BCUT2D eigenvalue weighted by Gasteiger charge is -2.20. The highest BCUT2D eigenvalue weighted by Crippen LogP contribution is 2.42. The number of aromatic nitrogens is 6. The van der Waals surface area contributed by atoms with Crippen molar-refractivity contribution < 1.29 is 40.4 Å². The van der Waals surface area contributed by atoms with Crippen molar-refractivity contribution in [1.29, 1.82) is 0 Å². The Morgan fingerprint density at radius 2 is 1.97 bits per heavy atom. The largest absolute Gasteiger partial charge is 0.465 e. The summed E-state index contributed by atoms with van der Waals surface area (Å²) in [6, 6.07) is 0. The number of nitrogens with one attached hydrogen (secondary N) is 1. The maximum atomic E-state index is 13.6. The third kappa shape index (κ3) is 3.85. The predicted molar refractivity (Wildman–Crippen MR) is 114 cm³/mol. The average molecular weight is 517 g/mol. The Kier molecular flexibility index (Phi) is 4.92. The van der Waals surface area contributed by atoms with Gasteiger partial charge in [-0.15, -0.1) is 0 Å². The van der Waals surface area contributed by atoms with Gasteiger partial charge < -0.3 is 15.8 Å². The normalized spacial score (nSPS) is 19.4. The van der Waals surface area contributed by atoms with E-state index in [-0.39, 0.29) is 40.7 Å². The maximum absolute atomic E-state index is 13.6. The number of carbonyl (C=O) groups is 2. The van der Waals surface area contributed by atoms with Gasteiger partial charge in [-0.25, -0.2) is 19.9 Å². The van der Waals surface area contributed by atoms with E-state index in [0.717, 1.165) is 6.20 Å². The molecule has 3 aromatic rings. The molecule has 4 rings (SSSR count). The first kappa shape index (κ1) is 21.3. The first-order valence-corrected chi connectivity index (χ1v) is 10.3. The molecule has 0 spiro atoms. The Balaban J connectivity index is 1.88. The van der Waals surface area contributed by atoms with Crippen LogP contribution in [0.3, 0.4) is 0 Å². The molecular formula is C20H19F5N8O3. The maximum Gasteiger partial charge on any atom is 0.453 e. The van der Waals surface area contributed by atoms with Crippen molar-refractivity contribution in [3.63, 3.8) is 0 Å². The van der Waals surface area contributed by atoms with Crippen LogP contribution in [0.5, 0.6) is 0 Å². The monoisotopic (exact) mass is 517 g/mol. The molecule has 0 radical (unpaired) electrons. The SMILES string of the molecule is [2H]C([2H])([2H])n1ncc2c(-c3nc(N)c4c(n3)NC(=O)C4(C)C(=O)OCC)nc(CCC(F)(F)C(F)(F)F)nc21. The number of ether oxygens (including phenoxy) is 1. The number of halogens is 5. The van der Waals surface area contributed by atoms with Crippen molar-refractivity contribution in [2.75, 3.05) is 17.7 Å². The minimum atomic E-state index is -5.83. The molecule has 0 fully saturated rings. The van der Waals surface area contributed by atoms with Gasteiger partial charge in [-0.05, 0) is 13.8 Å². The number of rotatable bonds is 6. The molecular weight excluding hydrogens is 495 g/mol. The highest BCUT2D eigenvalue weighted by molar-refractivity contribution is 6.19. The lowest BCUT2D eigenvalue weighted by Crippen LogP contribution is -2.41. The first-order chi connectivity index (χ1) is 17.9. The zero-order valence-electron chi connectivity index (χ0n) is 21.6. The topological polar surface area (TPSA) is 151 Å². The zero-order valence-corrected chi connectivity index (χ0v) is 18.6. The second-order valence-corrected chi connectivity index (χ2v) is 7.94. The van der Waals surface area contributed by atoms with Crippen LogP contribution in [0.1, 0.15) is 35.8 Å². The number of fused-ring (bicyclic) bond motifs is 2. The summed E-state index contributed by atoms with van der Waals surface area (Å²) in [5.41, 5.74) is 3.32. The molecule has 0 aliphatic carbocycles. The van der Waals surface area contributed by atoms with Crippen LogP contribution >= 0.6 is 0 Å². The van der Waals surface area contributed by atoms with Crippen molar-refractivity contribution >= 4 is 34.5 Å². The van der Waals surface area contributed by atoms with Gasteiger partial charge in [0.05, 0.1) is 23.8 Å². The van der Waals surface area contributed by atoms with E-state index < -0.39 is 60.7 Å². The Hall–Kier alpha value is -3.98. The molecule has 1 atom stereocenters. The minimum absolute atomic E-state index is 0.0432. The quantitative estimate of drug-likeness (QED) is 0.285. The summed E-state index contributed by atoms with van der Waals surface area (Å²) >= 11 is 0. The number of aryl methyl sites for hydroxylation is 2. The summed E-state index contributed by atoms with van der Waals surface area (Å²) in [5, 5.41) is 6.00. The van der Waals surface area contributed by atoms with Crippen LogP contribution in [0.4, 0.5) is 33.6 Å². The molecule has 16 heteroatoms. The summed E-state index contributed by atoms with van der Waals surface area (Å²) in [4.78, 5) is 41.4. The summed E-state index contributed by atoms with van der Waals surface area (Å²) in [6.45, 7) is -0.181. The van der Waals surface area contributed by atoms with Gasteiger partial charge in [0, 0.05) is 23.9 Å². The summed E-state index contributed by atoms with van der Waals surface area (Å²) in [5.74, 6) is -8.38. The Morgan fingerprint density at radius 1 is 1.25 bits per heavy atom. The molecule has 0 saturated heterocycles. The first-order valence-electron chi connectivity index (χ1n) is 11.8. The van der Waals surface area contributed by atoms with Gasteiger partial charge in [-0.2, -0.15) is 27.1 Å². The molecule has 1 aliphatic rings. The molecule has 1 amide bonds. The van der Waals surface area contributed by atoms with E-state index in [4.69, 9.17) is 14.6 Å². The fraction of sp³-hybridized carbons (Fsp3) is 0.450. The molecule has 0 saturated carbocycles. The van der Waals surface area contributed by atoms with Crippen LogP contribution in [0.2, 0.25) is 0 Å². The van der Waals surface area contributed by atoms with Crippen LogP contribution < -0.4 is 11.1 Å². The van der Waals surface area contributed by atoms with Crippen molar-refractivity contribution in [3.05, 3.63) is 17.6 Å². The molecule has 192 valence electrons. The van der Waals surface area contributed by atoms with E-state index in [9.17, 15) is 31.5 Å². The second kappa shape index (κ2) is 8.30. The summed E-state index contributed by atoms with van der Waals surface area (Å²) in [7, 11) is 0. The molecule has 1 unspecified atom stereocenters. The lowest BCUT2D eigenvalue weighted by atomic mass is 9.84. The van der Waals surface area contributed by atoms with Gasteiger partial charge in [-0.1, -0.05) is 0 Å². The summed E-state index contributed by atoms with van der Waals surface area (Å²) in [6.07, 6.45) is -7.56. The zero-order chi connectivity index (χ0) is 29.1. The number of nitrogen functional groups attached to an aromatic ring is 1. The van der Waals surface area contributed by atoms with Crippen LogP contribution in [0, 0.1) is 0 Å². The molecule has 36 heavy (non-hydrogen) atoms. The van der Waals surface area contributed by atoms with Gasteiger partial charge in [0.1, 0.15) is 23.2 Å². The van der Waals surface area contributed by atoms with Gasteiger partial charge >= 0.3 is 18.1 Å². The van der Waals surface area contributed by atoms with Crippen LogP contribution in [-0.4, -0.2) is 60.3 Å². The molecule has 0 aromatic carbocycles. The molecule has 11 nitrogen and oxygen atoms in total. The standard InChI is InChI=1S/C20H19F5N8O3/c1-4-36-17(35)18(2)10-12(26)30-14(31-13(10)32-16(18)34)11-8-7-27-33(3)15(8)29-9(28-11)5-6-19(21,22)20(23,24)25/h7H,4-6H2,1-3H3,(H3,26,30,31,32,34)/i3D3. The molecule has 3 aromatic heterocycles. The van der Waals surface area contributed by atoms with Crippen molar-refractivity contribution in [2.45, 2.75) is 44.2 Å². The van der Waals surface area contributed by atoms with E-state index in [1.165, 1.54) is 13.8 Å². The van der Waals surface area contributed by atoms with E-state index in [1.807, 2.05) is 0 Å². The Morgan fingerprint density at radius 3 is 2.61 bits per heavy atom.